The molecule has 4 N–H and O–H groups in total. The second-order valence-electron chi connectivity index (χ2n) is 3.59. The first-order chi connectivity index (χ1) is 6.07. The molecule has 0 unspecified atom stereocenters. The highest BCUT2D eigenvalue weighted by atomic mass is 16.3. The summed E-state index contributed by atoms with van der Waals surface area (Å²) in [6.07, 6.45) is 1.14. The lowest BCUT2D eigenvalue weighted by atomic mass is 9.81. The van der Waals surface area contributed by atoms with E-state index >= 15 is 0 Å². The average Bonchev–Trinajstić information content (AvgIpc) is 2.13. The number of nitrogens with two attached hydrogens (primary N) is 1. The van der Waals surface area contributed by atoms with E-state index in [1.54, 1.807) is 0 Å². The third kappa shape index (κ3) is 1.99. The van der Waals surface area contributed by atoms with Crippen molar-refractivity contribution >= 4 is 0 Å². The van der Waals surface area contributed by atoms with Crippen LogP contribution in [0.3, 0.4) is 0 Å². The Labute approximate surface area is 78.6 Å². The van der Waals surface area contributed by atoms with Gasteiger partial charge in [-0.15, -0.1) is 0 Å². The molecule has 0 saturated carbocycles. The van der Waals surface area contributed by atoms with Crippen LogP contribution in [0.15, 0.2) is 23.8 Å². The number of rotatable bonds is 2. The van der Waals surface area contributed by atoms with Crippen LogP contribution in [0.25, 0.3) is 0 Å². The van der Waals surface area contributed by atoms with Gasteiger partial charge >= 0.3 is 0 Å². The zero-order valence-electron chi connectivity index (χ0n) is 7.90. The first-order valence-corrected chi connectivity index (χ1v) is 4.48. The van der Waals surface area contributed by atoms with Gasteiger partial charge in [-0.2, -0.15) is 0 Å². The van der Waals surface area contributed by atoms with Gasteiger partial charge in [0.15, 0.2) is 0 Å². The van der Waals surface area contributed by atoms with Crippen LogP contribution in [0.5, 0.6) is 0 Å². The predicted molar refractivity (Wildman–Crippen MR) is 52.1 cm³/mol. The van der Waals surface area contributed by atoms with Crippen molar-refractivity contribution in [2.75, 3.05) is 6.54 Å². The van der Waals surface area contributed by atoms with E-state index in [1.165, 1.54) is 0 Å². The van der Waals surface area contributed by atoms with E-state index in [4.69, 9.17) is 5.73 Å². The largest absolute Gasteiger partial charge is 0.389 e. The van der Waals surface area contributed by atoms with Gasteiger partial charge in [-0.3, -0.25) is 0 Å². The molecular weight excluding hydrogens is 166 g/mol. The molecule has 74 valence electrons. The molecule has 1 aliphatic carbocycles. The minimum atomic E-state index is -0.762. The van der Waals surface area contributed by atoms with Gasteiger partial charge in [-0.05, 0) is 18.9 Å². The smallest absolute Gasteiger partial charge is 0.101 e. The summed E-state index contributed by atoms with van der Waals surface area (Å²) in [5.74, 6) is -0.0938. The zero-order chi connectivity index (χ0) is 10.0. The topological polar surface area (TPSA) is 66.5 Å². The van der Waals surface area contributed by atoms with Crippen molar-refractivity contribution in [3.63, 3.8) is 0 Å². The maximum Gasteiger partial charge on any atom is 0.101 e. The van der Waals surface area contributed by atoms with Crippen molar-refractivity contribution in [3.05, 3.63) is 23.8 Å². The molecule has 0 aromatic carbocycles. The van der Waals surface area contributed by atoms with E-state index in [9.17, 15) is 10.2 Å². The van der Waals surface area contributed by atoms with E-state index in [0.717, 1.165) is 17.6 Å². The van der Waals surface area contributed by atoms with Crippen molar-refractivity contribution in [3.8, 4) is 0 Å². The highest BCUT2D eigenvalue weighted by molar-refractivity contribution is 5.19. The Morgan fingerprint density at radius 2 is 2.31 bits per heavy atom. The molecule has 0 fully saturated rings. The standard InChI is InChI=1S/C10H17NO2/c1-6-3-4-8(7(2)5-11)10(13)9(6)12/h3,8-10,12-13H,2,4-5,11H2,1H3/t8-,9+,10+/m0/s1. The van der Waals surface area contributed by atoms with Crippen LogP contribution < -0.4 is 5.73 Å². The Balaban J connectivity index is 2.76. The van der Waals surface area contributed by atoms with E-state index in [1.807, 2.05) is 13.0 Å². The van der Waals surface area contributed by atoms with E-state index in [-0.39, 0.29) is 5.92 Å². The van der Waals surface area contributed by atoms with Gasteiger partial charge in [-0.1, -0.05) is 18.2 Å². The van der Waals surface area contributed by atoms with Gasteiger partial charge in [0.2, 0.25) is 0 Å². The van der Waals surface area contributed by atoms with Crippen LogP contribution in [-0.2, 0) is 0 Å². The summed E-state index contributed by atoms with van der Waals surface area (Å²) in [7, 11) is 0. The van der Waals surface area contributed by atoms with Crippen LogP contribution in [0.4, 0.5) is 0 Å². The lowest BCUT2D eigenvalue weighted by molar-refractivity contribution is 0.00588. The fourth-order valence-corrected chi connectivity index (χ4v) is 1.62. The molecule has 0 amide bonds. The Kier molecular flexibility index (Phi) is 3.25. The molecule has 0 saturated heterocycles. The summed E-state index contributed by atoms with van der Waals surface area (Å²) in [5.41, 5.74) is 7.06. The van der Waals surface area contributed by atoms with Gasteiger partial charge in [0.05, 0.1) is 6.10 Å². The lowest BCUT2D eigenvalue weighted by Gasteiger charge is -2.31. The Hall–Kier alpha value is -0.640. The van der Waals surface area contributed by atoms with Crippen molar-refractivity contribution in [1.29, 1.82) is 0 Å². The Bertz CT molecular complexity index is 235. The third-order valence-corrected chi connectivity index (χ3v) is 2.68. The highest BCUT2D eigenvalue weighted by Gasteiger charge is 2.31. The Morgan fingerprint density at radius 3 is 2.85 bits per heavy atom. The average molecular weight is 183 g/mol. The van der Waals surface area contributed by atoms with Crippen LogP contribution in [0.2, 0.25) is 0 Å². The van der Waals surface area contributed by atoms with Gasteiger partial charge in [0.25, 0.3) is 0 Å². The molecule has 3 atom stereocenters. The van der Waals surface area contributed by atoms with Crippen LogP contribution in [-0.4, -0.2) is 29.0 Å². The Morgan fingerprint density at radius 1 is 1.69 bits per heavy atom. The summed E-state index contributed by atoms with van der Waals surface area (Å²) >= 11 is 0. The SMILES string of the molecule is C=C(CN)[C@@H]1CC=C(C)[C@@H](O)[C@@H]1O. The second kappa shape index (κ2) is 4.05. The minimum Gasteiger partial charge on any atom is -0.389 e. The summed E-state index contributed by atoms with van der Waals surface area (Å²) in [6.45, 7) is 5.96. The quantitative estimate of drug-likeness (QED) is 0.535. The molecule has 0 aromatic rings. The van der Waals surface area contributed by atoms with Crippen molar-refractivity contribution < 1.29 is 10.2 Å². The molecule has 1 rings (SSSR count). The maximum absolute atomic E-state index is 9.70. The minimum absolute atomic E-state index is 0.0938. The summed E-state index contributed by atoms with van der Waals surface area (Å²) in [6, 6.07) is 0. The molecule has 0 heterocycles. The lowest BCUT2D eigenvalue weighted by Crippen LogP contribution is -2.39. The number of aliphatic hydroxyl groups excluding tert-OH is 2. The first-order valence-electron chi connectivity index (χ1n) is 4.48. The molecule has 0 aliphatic heterocycles. The van der Waals surface area contributed by atoms with E-state index in [0.29, 0.717) is 6.54 Å². The highest BCUT2D eigenvalue weighted by Crippen LogP contribution is 2.28. The molecule has 0 bridgehead atoms. The number of hydrogen-bond acceptors (Lipinski definition) is 3. The van der Waals surface area contributed by atoms with Crippen molar-refractivity contribution in [2.45, 2.75) is 25.6 Å². The van der Waals surface area contributed by atoms with Crippen molar-refractivity contribution in [1.82, 2.24) is 0 Å². The molecule has 1 aliphatic rings. The van der Waals surface area contributed by atoms with Gasteiger partial charge in [0.1, 0.15) is 6.10 Å². The molecule has 13 heavy (non-hydrogen) atoms. The van der Waals surface area contributed by atoms with Gasteiger partial charge < -0.3 is 15.9 Å². The van der Waals surface area contributed by atoms with Crippen LogP contribution >= 0.6 is 0 Å². The normalized spacial score (nSPS) is 34.2. The summed E-state index contributed by atoms with van der Waals surface area (Å²) in [4.78, 5) is 0. The number of aliphatic hydroxyl groups is 2. The number of hydrogen-bond donors (Lipinski definition) is 3. The summed E-state index contributed by atoms with van der Waals surface area (Å²) < 4.78 is 0. The monoisotopic (exact) mass is 183 g/mol. The molecule has 3 nitrogen and oxygen atoms in total. The predicted octanol–water partition coefficient (Wildman–Crippen LogP) is 0.189. The zero-order valence-corrected chi connectivity index (χ0v) is 7.90. The maximum atomic E-state index is 9.70. The van der Waals surface area contributed by atoms with Crippen LogP contribution in [0.1, 0.15) is 13.3 Å². The fourth-order valence-electron chi connectivity index (χ4n) is 1.62. The van der Waals surface area contributed by atoms with E-state index < -0.39 is 12.2 Å². The molecule has 0 spiro atoms. The number of allylic oxidation sites excluding steroid dienone is 1. The van der Waals surface area contributed by atoms with Crippen LogP contribution in [0, 0.1) is 5.92 Å². The summed E-state index contributed by atoms with van der Waals surface area (Å²) in [5, 5.41) is 19.3. The van der Waals surface area contributed by atoms with Crippen molar-refractivity contribution in [2.24, 2.45) is 11.7 Å². The molecule has 0 radical (unpaired) electrons. The molecular formula is C10H17NO2. The first kappa shape index (κ1) is 10.4. The third-order valence-electron chi connectivity index (χ3n) is 2.68. The second-order valence-corrected chi connectivity index (χ2v) is 3.59. The van der Waals surface area contributed by atoms with E-state index in [2.05, 4.69) is 6.58 Å². The molecule has 3 heteroatoms. The molecule has 0 aromatic heterocycles. The van der Waals surface area contributed by atoms with Gasteiger partial charge in [-0.25, -0.2) is 0 Å². The van der Waals surface area contributed by atoms with Gasteiger partial charge in [0, 0.05) is 12.5 Å². The fraction of sp³-hybridized carbons (Fsp3) is 0.600.